The molecule has 0 spiro atoms. The molecule has 0 aromatic carbocycles. The average molecular weight is 846 g/mol. The number of rotatable bonds is 48. The second kappa shape index (κ2) is 48.4. The van der Waals surface area contributed by atoms with Crippen molar-refractivity contribution < 1.29 is 24.5 Å². The Kier molecular flexibility index (Phi) is 47.0. The summed E-state index contributed by atoms with van der Waals surface area (Å²) in [6.45, 7) is 6.47. The molecule has 3 N–H and O–H groups in total. The number of carbonyl (C=O) groups is 2. The predicted octanol–water partition coefficient (Wildman–Crippen LogP) is 15.9. The number of carbonyl (C=O) groups excluding carboxylic acids is 2. The number of esters is 1. The summed E-state index contributed by atoms with van der Waals surface area (Å²) in [6, 6.07) is -0.697. The van der Waals surface area contributed by atoms with E-state index in [1.54, 1.807) is 0 Å². The summed E-state index contributed by atoms with van der Waals surface area (Å²) in [5.74, 6) is -0.468. The van der Waals surface area contributed by atoms with Crippen molar-refractivity contribution in [3.63, 3.8) is 0 Å². The SMILES string of the molecule is CCCCC/C=C\C/C=C\CCCCCCCCCC(=O)OC(CCCCCCCCCCCCC)CC(=O)NC(CO)C(O)CCCCCCCCCCCCCCC. The van der Waals surface area contributed by atoms with Crippen molar-refractivity contribution in [3.05, 3.63) is 24.3 Å². The monoisotopic (exact) mass is 846 g/mol. The zero-order valence-electron chi connectivity index (χ0n) is 40.4. The van der Waals surface area contributed by atoms with E-state index >= 15 is 0 Å². The maximum absolute atomic E-state index is 13.2. The van der Waals surface area contributed by atoms with Gasteiger partial charge in [-0.1, -0.05) is 238 Å². The van der Waals surface area contributed by atoms with Crippen LogP contribution in [0, 0.1) is 0 Å². The maximum atomic E-state index is 13.2. The summed E-state index contributed by atoms with van der Waals surface area (Å²) >= 11 is 0. The fourth-order valence-electron chi connectivity index (χ4n) is 8.23. The van der Waals surface area contributed by atoms with Gasteiger partial charge in [0.05, 0.1) is 25.2 Å². The summed E-state index contributed by atoms with van der Waals surface area (Å²) in [7, 11) is 0. The van der Waals surface area contributed by atoms with Gasteiger partial charge in [-0.25, -0.2) is 0 Å². The van der Waals surface area contributed by atoms with E-state index < -0.39 is 18.2 Å². The Labute approximate surface area is 373 Å². The van der Waals surface area contributed by atoms with Crippen molar-refractivity contribution >= 4 is 11.9 Å². The third-order valence-corrected chi connectivity index (χ3v) is 12.3. The lowest BCUT2D eigenvalue weighted by atomic mass is 10.0. The Bertz CT molecular complexity index is 950. The molecule has 0 rings (SSSR count). The zero-order valence-corrected chi connectivity index (χ0v) is 40.4. The lowest BCUT2D eigenvalue weighted by Crippen LogP contribution is -2.46. The molecule has 3 unspecified atom stereocenters. The van der Waals surface area contributed by atoms with Gasteiger partial charge in [0, 0.05) is 6.42 Å². The van der Waals surface area contributed by atoms with Crippen LogP contribution in [0.4, 0.5) is 0 Å². The molecule has 0 aromatic heterocycles. The molecule has 0 fully saturated rings. The van der Waals surface area contributed by atoms with Gasteiger partial charge in [0.15, 0.2) is 0 Å². The van der Waals surface area contributed by atoms with E-state index in [0.717, 1.165) is 57.8 Å². The molecule has 354 valence electrons. The number of hydrogen-bond acceptors (Lipinski definition) is 5. The molecule has 0 aliphatic heterocycles. The first-order valence-electron chi connectivity index (χ1n) is 26.6. The van der Waals surface area contributed by atoms with Crippen LogP contribution in [0.3, 0.4) is 0 Å². The second-order valence-electron chi connectivity index (χ2n) is 18.3. The summed E-state index contributed by atoms with van der Waals surface area (Å²) in [5, 5.41) is 23.8. The van der Waals surface area contributed by atoms with Crippen LogP contribution in [0.15, 0.2) is 24.3 Å². The Balaban J connectivity index is 4.49. The van der Waals surface area contributed by atoms with Gasteiger partial charge in [0.25, 0.3) is 0 Å². The zero-order chi connectivity index (χ0) is 43.8. The van der Waals surface area contributed by atoms with Crippen LogP contribution in [0.5, 0.6) is 0 Å². The highest BCUT2D eigenvalue weighted by Crippen LogP contribution is 2.18. The molecule has 0 aliphatic carbocycles. The van der Waals surface area contributed by atoms with E-state index in [9.17, 15) is 19.8 Å². The van der Waals surface area contributed by atoms with Gasteiger partial charge >= 0.3 is 5.97 Å². The van der Waals surface area contributed by atoms with Crippen LogP contribution in [0.2, 0.25) is 0 Å². The molecular formula is C54H103NO5. The molecular weight excluding hydrogens is 743 g/mol. The number of nitrogens with one attached hydrogen (secondary N) is 1. The van der Waals surface area contributed by atoms with Crippen molar-refractivity contribution in [2.45, 2.75) is 302 Å². The summed E-state index contributed by atoms with van der Waals surface area (Å²) in [6.07, 6.45) is 55.2. The quantitative estimate of drug-likeness (QED) is 0.0322. The largest absolute Gasteiger partial charge is 0.462 e. The topological polar surface area (TPSA) is 95.9 Å². The minimum atomic E-state index is -0.784. The lowest BCUT2D eigenvalue weighted by Gasteiger charge is -2.24. The number of hydrogen-bond donors (Lipinski definition) is 3. The number of allylic oxidation sites excluding steroid dienone is 4. The highest BCUT2D eigenvalue weighted by Gasteiger charge is 2.24. The Hall–Kier alpha value is -1.66. The third-order valence-electron chi connectivity index (χ3n) is 12.3. The average Bonchev–Trinajstić information content (AvgIpc) is 3.24. The van der Waals surface area contributed by atoms with Crippen molar-refractivity contribution in [2.24, 2.45) is 0 Å². The summed E-state index contributed by atoms with van der Waals surface area (Å²) < 4.78 is 5.94. The van der Waals surface area contributed by atoms with E-state index in [1.165, 1.54) is 180 Å². The standard InChI is InChI=1S/C54H103NO5/c1-4-7-10-13-16-19-22-24-25-26-27-29-32-35-38-41-44-47-54(59)60-50(45-42-39-36-33-30-21-18-15-12-9-6-3)48-53(58)55-51(49-56)52(57)46-43-40-37-34-31-28-23-20-17-14-11-8-5-2/h16,19,24-25,50-52,56-57H,4-15,17-18,20-23,26-49H2,1-3H3,(H,55,58)/b19-16-,25-24-. The fourth-order valence-corrected chi connectivity index (χ4v) is 8.23. The van der Waals surface area contributed by atoms with Crippen LogP contribution in [0.1, 0.15) is 284 Å². The minimum Gasteiger partial charge on any atom is -0.462 e. The van der Waals surface area contributed by atoms with Crippen LogP contribution in [-0.4, -0.2) is 46.9 Å². The molecule has 0 bridgehead atoms. The molecule has 0 saturated heterocycles. The van der Waals surface area contributed by atoms with Gasteiger partial charge in [-0.05, 0) is 57.8 Å². The van der Waals surface area contributed by atoms with Crippen molar-refractivity contribution in [1.82, 2.24) is 5.32 Å². The van der Waals surface area contributed by atoms with E-state index in [1.807, 2.05) is 0 Å². The molecule has 0 radical (unpaired) electrons. The van der Waals surface area contributed by atoms with E-state index in [4.69, 9.17) is 4.74 Å². The van der Waals surface area contributed by atoms with E-state index in [0.29, 0.717) is 19.3 Å². The van der Waals surface area contributed by atoms with Crippen molar-refractivity contribution in [1.29, 1.82) is 0 Å². The second-order valence-corrected chi connectivity index (χ2v) is 18.3. The maximum Gasteiger partial charge on any atom is 0.306 e. The van der Waals surface area contributed by atoms with Crippen molar-refractivity contribution in [3.8, 4) is 0 Å². The van der Waals surface area contributed by atoms with Crippen LogP contribution in [-0.2, 0) is 14.3 Å². The number of aliphatic hydroxyl groups excluding tert-OH is 2. The van der Waals surface area contributed by atoms with Gasteiger partial charge in [0.1, 0.15) is 6.10 Å². The molecule has 6 nitrogen and oxygen atoms in total. The first kappa shape index (κ1) is 58.3. The third kappa shape index (κ3) is 43.0. The molecule has 0 saturated carbocycles. The molecule has 0 aromatic rings. The van der Waals surface area contributed by atoms with Gasteiger partial charge in [-0.15, -0.1) is 0 Å². The Morgan fingerprint density at radius 3 is 1.30 bits per heavy atom. The minimum absolute atomic E-state index is 0.0798. The number of unbranched alkanes of at least 4 members (excludes halogenated alkanes) is 32. The van der Waals surface area contributed by atoms with E-state index in [-0.39, 0.29) is 24.9 Å². The smallest absolute Gasteiger partial charge is 0.306 e. The van der Waals surface area contributed by atoms with Gasteiger partial charge in [-0.2, -0.15) is 0 Å². The van der Waals surface area contributed by atoms with Gasteiger partial charge in [0.2, 0.25) is 5.91 Å². The molecule has 3 atom stereocenters. The molecule has 6 heteroatoms. The number of ether oxygens (including phenoxy) is 1. The fraction of sp³-hybridized carbons (Fsp3) is 0.889. The van der Waals surface area contributed by atoms with Crippen molar-refractivity contribution in [2.75, 3.05) is 6.61 Å². The van der Waals surface area contributed by atoms with Gasteiger partial charge < -0.3 is 20.3 Å². The summed E-state index contributed by atoms with van der Waals surface area (Å²) in [4.78, 5) is 26.1. The van der Waals surface area contributed by atoms with Crippen LogP contribution >= 0.6 is 0 Å². The van der Waals surface area contributed by atoms with Crippen LogP contribution in [0.25, 0.3) is 0 Å². The number of amides is 1. The highest BCUT2D eigenvalue weighted by atomic mass is 16.5. The van der Waals surface area contributed by atoms with Gasteiger partial charge in [-0.3, -0.25) is 9.59 Å². The molecule has 0 aliphatic rings. The Morgan fingerprint density at radius 1 is 0.483 bits per heavy atom. The lowest BCUT2D eigenvalue weighted by molar-refractivity contribution is -0.151. The normalized spacial score (nSPS) is 13.3. The predicted molar refractivity (Wildman–Crippen MR) is 260 cm³/mol. The Morgan fingerprint density at radius 2 is 0.850 bits per heavy atom. The summed E-state index contributed by atoms with van der Waals surface area (Å²) in [5.41, 5.74) is 0. The molecule has 1 amide bonds. The number of aliphatic hydroxyl groups is 2. The molecule has 60 heavy (non-hydrogen) atoms. The first-order valence-corrected chi connectivity index (χ1v) is 26.6. The van der Waals surface area contributed by atoms with Crippen LogP contribution < -0.4 is 5.32 Å². The first-order chi connectivity index (χ1) is 29.5. The molecule has 0 heterocycles. The van der Waals surface area contributed by atoms with E-state index in [2.05, 4.69) is 50.4 Å². The highest BCUT2D eigenvalue weighted by molar-refractivity contribution is 5.77.